The maximum atomic E-state index is 11.3. The Morgan fingerprint density at radius 2 is 2.27 bits per heavy atom. The molecule has 1 aliphatic heterocycles. The molecule has 88 valence electrons. The van der Waals surface area contributed by atoms with Crippen LogP contribution < -0.4 is 0 Å². The molecular formula is C9H17NO4S. The standard InChI is InChI=1S/C9H17NO4S/c1-2-8(5-11)10(7-12)9-3-4-15(13,14)6-9/h7-9,11H,2-6H2,1H3/t8-,9+/m1/s1. The Bertz CT molecular complexity index is 310. The van der Waals surface area contributed by atoms with Crippen LogP contribution in [0, 0.1) is 0 Å². The van der Waals surface area contributed by atoms with Gasteiger partial charge in [-0.1, -0.05) is 6.92 Å². The van der Waals surface area contributed by atoms with Crippen LogP contribution in [0.15, 0.2) is 0 Å². The number of carbonyl (C=O) groups is 1. The van der Waals surface area contributed by atoms with E-state index >= 15 is 0 Å². The Morgan fingerprint density at radius 3 is 2.60 bits per heavy atom. The number of carbonyl (C=O) groups excluding carboxylic acids is 1. The fraction of sp³-hybridized carbons (Fsp3) is 0.889. The van der Waals surface area contributed by atoms with E-state index in [4.69, 9.17) is 5.11 Å². The first-order valence-corrected chi connectivity index (χ1v) is 6.90. The van der Waals surface area contributed by atoms with Gasteiger partial charge in [0.25, 0.3) is 0 Å². The first-order chi connectivity index (χ1) is 7.04. The maximum Gasteiger partial charge on any atom is 0.210 e. The third kappa shape index (κ3) is 2.92. The summed E-state index contributed by atoms with van der Waals surface area (Å²) >= 11 is 0. The Balaban J connectivity index is 2.72. The van der Waals surface area contributed by atoms with Gasteiger partial charge in [0.15, 0.2) is 9.84 Å². The predicted octanol–water partition coefficient (Wildman–Crippen LogP) is -0.597. The molecule has 0 bridgehead atoms. The van der Waals surface area contributed by atoms with E-state index in [-0.39, 0.29) is 30.2 Å². The minimum absolute atomic E-state index is 0.0300. The van der Waals surface area contributed by atoms with E-state index in [9.17, 15) is 13.2 Å². The van der Waals surface area contributed by atoms with Gasteiger partial charge in [0.05, 0.1) is 24.2 Å². The molecule has 0 spiro atoms. The second-order valence-electron chi connectivity index (χ2n) is 3.85. The second kappa shape index (κ2) is 4.94. The third-order valence-corrected chi connectivity index (χ3v) is 4.61. The van der Waals surface area contributed by atoms with Crippen molar-refractivity contribution in [3.8, 4) is 0 Å². The number of aliphatic hydroxyl groups excluding tert-OH is 1. The van der Waals surface area contributed by atoms with E-state index in [1.54, 1.807) is 0 Å². The van der Waals surface area contributed by atoms with Gasteiger partial charge in [-0.2, -0.15) is 0 Å². The van der Waals surface area contributed by atoms with Crippen LogP contribution in [0.4, 0.5) is 0 Å². The first-order valence-electron chi connectivity index (χ1n) is 5.08. The van der Waals surface area contributed by atoms with Crippen LogP contribution in [-0.4, -0.2) is 55.0 Å². The van der Waals surface area contributed by atoms with Crippen molar-refractivity contribution in [1.82, 2.24) is 4.90 Å². The molecule has 1 aliphatic rings. The van der Waals surface area contributed by atoms with Crippen molar-refractivity contribution in [2.75, 3.05) is 18.1 Å². The third-order valence-electron chi connectivity index (χ3n) is 2.86. The van der Waals surface area contributed by atoms with Gasteiger partial charge in [0, 0.05) is 6.04 Å². The number of aliphatic hydroxyl groups is 1. The van der Waals surface area contributed by atoms with Crippen LogP contribution in [0.1, 0.15) is 19.8 Å². The number of sulfone groups is 1. The van der Waals surface area contributed by atoms with Gasteiger partial charge in [-0.3, -0.25) is 4.79 Å². The van der Waals surface area contributed by atoms with Gasteiger partial charge in [-0.05, 0) is 12.8 Å². The molecule has 6 heteroatoms. The molecule has 1 amide bonds. The van der Waals surface area contributed by atoms with Gasteiger partial charge in [-0.25, -0.2) is 8.42 Å². The molecule has 1 saturated heterocycles. The summed E-state index contributed by atoms with van der Waals surface area (Å²) in [7, 11) is -2.98. The van der Waals surface area contributed by atoms with Crippen LogP contribution >= 0.6 is 0 Å². The zero-order valence-electron chi connectivity index (χ0n) is 8.80. The number of nitrogens with zero attached hydrogens (tertiary/aromatic N) is 1. The maximum absolute atomic E-state index is 11.3. The van der Waals surface area contributed by atoms with Crippen molar-refractivity contribution in [2.45, 2.75) is 31.8 Å². The summed E-state index contributed by atoms with van der Waals surface area (Å²) in [6.07, 6.45) is 1.76. The molecule has 0 radical (unpaired) electrons. The van der Waals surface area contributed by atoms with Gasteiger partial charge in [0.2, 0.25) is 6.41 Å². The molecule has 0 aromatic carbocycles. The first kappa shape index (κ1) is 12.4. The number of amides is 1. The largest absolute Gasteiger partial charge is 0.394 e. The molecule has 5 nitrogen and oxygen atoms in total. The zero-order valence-corrected chi connectivity index (χ0v) is 9.61. The lowest BCUT2D eigenvalue weighted by Gasteiger charge is -2.30. The van der Waals surface area contributed by atoms with Crippen molar-refractivity contribution in [2.24, 2.45) is 0 Å². The highest BCUT2D eigenvalue weighted by molar-refractivity contribution is 7.91. The number of rotatable bonds is 5. The molecule has 1 N–H and O–H groups in total. The quantitative estimate of drug-likeness (QED) is 0.646. The molecule has 0 unspecified atom stereocenters. The van der Waals surface area contributed by atoms with Gasteiger partial charge >= 0.3 is 0 Å². The second-order valence-corrected chi connectivity index (χ2v) is 6.08. The molecule has 1 heterocycles. The zero-order chi connectivity index (χ0) is 11.5. The summed E-state index contributed by atoms with van der Waals surface area (Å²) in [6.45, 7) is 1.74. The summed E-state index contributed by atoms with van der Waals surface area (Å²) in [6, 6.07) is -0.523. The van der Waals surface area contributed by atoms with Crippen LogP contribution in [0.5, 0.6) is 0 Å². The average Bonchev–Trinajstić information content (AvgIpc) is 2.54. The molecule has 1 rings (SSSR count). The summed E-state index contributed by atoms with van der Waals surface area (Å²) in [5.41, 5.74) is 0. The van der Waals surface area contributed by atoms with Crippen molar-refractivity contribution in [3.63, 3.8) is 0 Å². The van der Waals surface area contributed by atoms with Crippen LogP contribution in [0.25, 0.3) is 0 Å². The molecular weight excluding hydrogens is 218 g/mol. The summed E-state index contributed by atoms with van der Waals surface area (Å²) in [4.78, 5) is 12.3. The minimum Gasteiger partial charge on any atom is -0.394 e. The van der Waals surface area contributed by atoms with Crippen molar-refractivity contribution >= 4 is 16.2 Å². The SMILES string of the molecule is CC[C@H](CO)N(C=O)[C@H]1CCS(=O)(=O)C1. The molecule has 0 saturated carbocycles. The van der Waals surface area contributed by atoms with E-state index in [1.807, 2.05) is 6.92 Å². The fourth-order valence-corrected chi connectivity index (χ4v) is 3.64. The van der Waals surface area contributed by atoms with E-state index in [1.165, 1.54) is 4.90 Å². The van der Waals surface area contributed by atoms with Crippen LogP contribution in [-0.2, 0) is 14.6 Å². The topological polar surface area (TPSA) is 74.7 Å². The Morgan fingerprint density at radius 1 is 1.60 bits per heavy atom. The molecule has 0 aromatic rings. The fourth-order valence-electron chi connectivity index (χ4n) is 1.91. The van der Waals surface area contributed by atoms with E-state index in [0.29, 0.717) is 19.3 Å². The van der Waals surface area contributed by atoms with Crippen LogP contribution in [0.3, 0.4) is 0 Å². The van der Waals surface area contributed by atoms with E-state index in [0.717, 1.165) is 0 Å². The molecule has 0 aromatic heterocycles. The van der Waals surface area contributed by atoms with Crippen molar-refractivity contribution in [3.05, 3.63) is 0 Å². The van der Waals surface area contributed by atoms with Crippen molar-refractivity contribution in [1.29, 1.82) is 0 Å². The highest BCUT2D eigenvalue weighted by Gasteiger charge is 2.34. The molecule has 2 atom stereocenters. The highest BCUT2D eigenvalue weighted by Crippen LogP contribution is 2.19. The summed E-state index contributed by atoms with van der Waals surface area (Å²) in [5, 5.41) is 9.07. The van der Waals surface area contributed by atoms with Crippen molar-refractivity contribution < 1.29 is 18.3 Å². The highest BCUT2D eigenvalue weighted by atomic mass is 32.2. The Kier molecular flexibility index (Phi) is 4.10. The Labute approximate surface area is 90.0 Å². The Hall–Kier alpha value is -0.620. The van der Waals surface area contributed by atoms with E-state index in [2.05, 4.69) is 0 Å². The lowest BCUT2D eigenvalue weighted by atomic mass is 10.1. The number of hydrogen-bond acceptors (Lipinski definition) is 4. The van der Waals surface area contributed by atoms with Gasteiger partial charge in [-0.15, -0.1) is 0 Å². The average molecular weight is 235 g/mol. The molecule has 0 aliphatic carbocycles. The molecule has 15 heavy (non-hydrogen) atoms. The summed E-state index contributed by atoms with van der Waals surface area (Å²) in [5.74, 6) is 0.173. The lowest BCUT2D eigenvalue weighted by Crippen LogP contribution is -2.44. The van der Waals surface area contributed by atoms with E-state index < -0.39 is 9.84 Å². The summed E-state index contributed by atoms with van der Waals surface area (Å²) < 4.78 is 22.5. The lowest BCUT2D eigenvalue weighted by molar-refractivity contribution is -0.123. The molecule has 1 fully saturated rings. The number of hydrogen-bond donors (Lipinski definition) is 1. The smallest absolute Gasteiger partial charge is 0.210 e. The minimum atomic E-state index is -2.98. The normalized spacial score (nSPS) is 26.1. The predicted molar refractivity (Wildman–Crippen MR) is 56.1 cm³/mol. The van der Waals surface area contributed by atoms with Gasteiger partial charge < -0.3 is 10.0 Å². The van der Waals surface area contributed by atoms with Gasteiger partial charge in [0.1, 0.15) is 0 Å². The van der Waals surface area contributed by atoms with Crippen LogP contribution in [0.2, 0.25) is 0 Å². The monoisotopic (exact) mass is 235 g/mol.